The van der Waals surface area contributed by atoms with Gasteiger partial charge >= 0.3 is 0 Å². The van der Waals surface area contributed by atoms with Gasteiger partial charge in [0.2, 0.25) is 0 Å². The van der Waals surface area contributed by atoms with Crippen molar-refractivity contribution in [3.63, 3.8) is 0 Å². The van der Waals surface area contributed by atoms with Gasteiger partial charge in [0.05, 0.1) is 0 Å². The second-order valence-corrected chi connectivity index (χ2v) is 6.03. The Morgan fingerprint density at radius 3 is 2.30 bits per heavy atom. The molecule has 0 amide bonds. The van der Waals surface area contributed by atoms with Gasteiger partial charge in [-0.3, -0.25) is 0 Å². The topological polar surface area (TPSA) is 12.0 Å². The lowest BCUT2D eigenvalue weighted by Gasteiger charge is -2.21. The van der Waals surface area contributed by atoms with Crippen LogP contribution < -0.4 is 5.32 Å². The zero-order chi connectivity index (χ0) is 14.8. The summed E-state index contributed by atoms with van der Waals surface area (Å²) in [7, 11) is 0. The Morgan fingerprint density at radius 2 is 1.65 bits per heavy atom. The molecule has 0 fully saturated rings. The number of nitrogens with one attached hydrogen (secondary N) is 1. The molecule has 1 aromatic carbocycles. The van der Waals surface area contributed by atoms with E-state index in [4.69, 9.17) is 0 Å². The van der Waals surface area contributed by atoms with Crippen LogP contribution in [0.1, 0.15) is 81.5 Å². The largest absolute Gasteiger partial charge is 0.310 e. The molecule has 1 heteroatoms. The van der Waals surface area contributed by atoms with Gasteiger partial charge in [0.15, 0.2) is 0 Å². The molecule has 0 bridgehead atoms. The van der Waals surface area contributed by atoms with Crippen LogP contribution in [0.4, 0.5) is 0 Å². The van der Waals surface area contributed by atoms with E-state index in [1.165, 1.54) is 61.6 Å². The highest BCUT2D eigenvalue weighted by molar-refractivity contribution is 5.32. The van der Waals surface area contributed by atoms with Crippen molar-refractivity contribution in [3.05, 3.63) is 34.9 Å². The number of unbranched alkanes of at least 4 members (excludes halogenated alkanes) is 5. The molecule has 20 heavy (non-hydrogen) atoms. The van der Waals surface area contributed by atoms with Crippen molar-refractivity contribution in [1.82, 2.24) is 5.32 Å². The van der Waals surface area contributed by atoms with Gasteiger partial charge in [-0.25, -0.2) is 0 Å². The standard InChI is InChI=1S/C19H33N/c1-5-7-8-9-10-11-12-19(20-6-2)18-14-13-16(3)15-17(18)4/h13-15,19-20H,5-12H2,1-4H3. The summed E-state index contributed by atoms with van der Waals surface area (Å²) in [6.45, 7) is 9.95. The van der Waals surface area contributed by atoms with Gasteiger partial charge in [-0.05, 0) is 37.9 Å². The molecule has 0 saturated heterocycles. The van der Waals surface area contributed by atoms with Crippen molar-refractivity contribution >= 4 is 0 Å². The molecule has 0 aliphatic rings. The molecule has 0 aliphatic heterocycles. The fourth-order valence-corrected chi connectivity index (χ4v) is 2.96. The summed E-state index contributed by atoms with van der Waals surface area (Å²) in [5.41, 5.74) is 4.29. The average Bonchev–Trinajstić information content (AvgIpc) is 2.42. The van der Waals surface area contributed by atoms with E-state index in [0.717, 1.165) is 6.54 Å². The maximum Gasteiger partial charge on any atom is 0.0322 e. The molecule has 0 saturated carbocycles. The van der Waals surface area contributed by atoms with E-state index in [1.807, 2.05) is 0 Å². The third-order valence-corrected chi connectivity index (χ3v) is 4.10. The third-order valence-electron chi connectivity index (χ3n) is 4.10. The summed E-state index contributed by atoms with van der Waals surface area (Å²) in [6.07, 6.45) is 9.53. The highest BCUT2D eigenvalue weighted by atomic mass is 14.9. The highest BCUT2D eigenvalue weighted by Gasteiger charge is 2.12. The minimum Gasteiger partial charge on any atom is -0.310 e. The van der Waals surface area contributed by atoms with Crippen LogP contribution in [-0.2, 0) is 0 Å². The number of hydrogen-bond donors (Lipinski definition) is 1. The van der Waals surface area contributed by atoms with Crippen molar-refractivity contribution in [2.45, 2.75) is 78.7 Å². The maximum atomic E-state index is 3.66. The smallest absolute Gasteiger partial charge is 0.0322 e. The molecule has 1 unspecified atom stereocenters. The van der Waals surface area contributed by atoms with Crippen LogP contribution in [0.5, 0.6) is 0 Å². The van der Waals surface area contributed by atoms with Gasteiger partial charge in [0, 0.05) is 6.04 Å². The van der Waals surface area contributed by atoms with Crippen LogP contribution in [0.3, 0.4) is 0 Å². The second kappa shape index (κ2) is 9.99. The number of benzene rings is 1. The average molecular weight is 275 g/mol. The summed E-state index contributed by atoms with van der Waals surface area (Å²) in [5, 5.41) is 3.66. The minimum atomic E-state index is 0.534. The lowest BCUT2D eigenvalue weighted by Crippen LogP contribution is -2.21. The molecule has 114 valence electrons. The molecule has 0 heterocycles. The first-order chi connectivity index (χ1) is 9.69. The Balaban J connectivity index is 2.47. The van der Waals surface area contributed by atoms with Crippen LogP contribution >= 0.6 is 0 Å². The van der Waals surface area contributed by atoms with Gasteiger partial charge in [-0.2, -0.15) is 0 Å². The van der Waals surface area contributed by atoms with Gasteiger partial charge < -0.3 is 5.32 Å². The van der Waals surface area contributed by atoms with Crippen LogP contribution in [0, 0.1) is 13.8 Å². The molecule has 1 N–H and O–H groups in total. The first kappa shape index (κ1) is 17.2. The lowest BCUT2D eigenvalue weighted by atomic mass is 9.95. The number of hydrogen-bond acceptors (Lipinski definition) is 1. The van der Waals surface area contributed by atoms with E-state index in [2.05, 4.69) is 51.2 Å². The normalized spacial score (nSPS) is 12.6. The molecular formula is C19H33N. The maximum absolute atomic E-state index is 3.66. The minimum absolute atomic E-state index is 0.534. The predicted molar refractivity (Wildman–Crippen MR) is 90.3 cm³/mol. The Kier molecular flexibility index (Phi) is 8.60. The van der Waals surface area contributed by atoms with Gasteiger partial charge in [-0.1, -0.05) is 76.1 Å². The van der Waals surface area contributed by atoms with Crippen LogP contribution in [-0.4, -0.2) is 6.54 Å². The van der Waals surface area contributed by atoms with Crippen molar-refractivity contribution in [2.75, 3.05) is 6.54 Å². The van der Waals surface area contributed by atoms with E-state index in [-0.39, 0.29) is 0 Å². The second-order valence-electron chi connectivity index (χ2n) is 6.03. The van der Waals surface area contributed by atoms with Crippen LogP contribution in [0.15, 0.2) is 18.2 Å². The molecule has 1 aromatic rings. The van der Waals surface area contributed by atoms with Crippen LogP contribution in [0.25, 0.3) is 0 Å². The summed E-state index contributed by atoms with van der Waals surface area (Å²) < 4.78 is 0. The van der Waals surface area contributed by atoms with Crippen molar-refractivity contribution in [3.8, 4) is 0 Å². The van der Waals surface area contributed by atoms with E-state index < -0.39 is 0 Å². The Labute approximate surface area is 126 Å². The van der Waals surface area contributed by atoms with Crippen LogP contribution in [0.2, 0.25) is 0 Å². The predicted octanol–water partition coefficient (Wildman–Crippen LogP) is 5.70. The summed E-state index contributed by atoms with van der Waals surface area (Å²) in [4.78, 5) is 0. The third kappa shape index (κ3) is 6.09. The number of rotatable bonds is 10. The van der Waals surface area contributed by atoms with E-state index in [9.17, 15) is 0 Å². The monoisotopic (exact) mass is 275 g/mol. The first-order valence-electron chi connectivity index (χ1n) is 8.49. The fourth-order valence-electron chi connectivity index (χ4n) is 2.96. The molecule has 1 rings (SSSR count). The van der Waals surface area contributed by atoms with Gasteiger partial charge in [0.1, 0.15) is 0 Å². The summed E-state index contributed by atoms with van der Waals surface area (Å²) >= 11 is 0. The van der Waals surface area contributed by atoms with Gasteiger partial charge in [-0.15, -0.1) is 0 Å². The molecule has 0 aliphatic carbocycles. The SMILES string of the molecule is CCCCCCCCC(NCC)c1ccc(C)cc1C. The molecule has 0 spiro atoms. The highest BCUT2D eigenvalue weighted by Crippen LogP contribution is 2.24. The van der Waals surface area contributed by atoms with Gasteiger partial charge in [0.25, 0.3) is 0 Å². The molecule has 1 atom stereocenters. The zero-order valence-corrected chi connectivity index (χ0v) is 14.0. The molecule has 0 aromatic heterocycles. The van der Waals surface area contributed by atoms with E-state index in [0.29, 0.717) is 6.04 Å². The Bertz CT molecular complexity index is 370. The molecule has 1 nitrogen and oxygen atoms in total. The fraction of sp³-hybridized carbons (Fsp3) is 0.684. The summed E-state index contributed by atoms with van der Waals surface area (Å²) in [5.74, 6) is 0. The Morgan fingerprint density at radius 1 is 0.950 bits per heavy atom. The first-order valence-corrected chi connectivity index (χ1v) is 8.49. The van der Waals surface area contributed by atoms with Crippen molar-refractivity contribution < 1.29 is 0 Å². The van der Waals surface area contributed by atoms with E-state index in [1.54, 1.807) is 0 Å². The van der Waals surface area contributed by atoms with Crippen molar-refractivity contribution in [2.24, 2.45) is 0 Å². The Hall–Kier alpha value is -0.820. The quantitative estimate of drug-likeness (QED) is 0.540. The zero-order valence-electron chi connectivity index (χ0n) is 14.0. The summed E-state index contributed by atoms with van der Waals surface area (Å²) in [6, 6.07) is 7.40. The molecule has 0 radical (unpaired) electrons. The lowest BCUT2D eigenvalue weighted by molar-refractivity contribution is 0.475. The number of aryl methyl sites for hydroxylation is 2. The molecular weight excluding hydrogens is 242 g/mol. The van der Waals surface area contributed by atoms with Crippen molar-refractivity contribution in [1.29, 1.82) is 0 Å². The van der Waals surface area contributed by atoms with E-state index >= 15 is 0 Å².